The van der Waals surface area contributed by atoms with Crippen molar-refractivity contribution >= 4 is 18.3 Å². The number of hydrogen-bond acceptors (Lipinski definition) is 4. The first-order valence-electron chi connectivity index (χ1n) is 8.37. The molecular formula is C18H27ClN2O3. The van der Waals surface area contributed by atoms with E-state index in [1.807, 2.05) is 17.0 Å². The normalized spacial score (nSPS) is 26.4. The lowest BCUT2D eigenvalue weighted by atomic mass is 9.93. The Morgan fingerprint density at radius 2 is 2.08 bits per heavy atom. The third-order valence-corrected chi connectivity index (χ3v) is 4.88. The van der Waals surface area contributed by atoms with E-state index < -0.39 is 6.04 Å². The van der Waals surface area contributed by atoms with Crippen molar-refractivity contribution in [3.63, 3.8) is 0 Å². The standard InChI is InChI=1S/C18H26N2O3.ClH/c1-18(2)11-15-16(23-18)4-3-9-20(15)17(22)14(19)10-12-5-7-13(21)8-6-12;/h5-8,14-16,21H,3-4,9-11,19H2,1-2H3;1H/t14-,15-,16-;/m0./s1. The van der Waals surface area contributed by atoms with Crippen molar-refractivity contribution in [1.29, 1.82) is 0 Å². The van der Waals surface area contributed by atoms with Gasteiger partial charge in [-0.2, -0.15) is 0 Å². The fraction of sp³-hybridized carbons (Fsp3) is 0.611. The summed E-state index contributed by atoms with van der Waals surface area (Å²) in [5.74, 6) is 0.229. The number of carbonyl (C=O) groups is 1. The predicted octanol–water partition coefficient (Wildman–Crippen LogP) is 2.24. The van der Waals surface area contributed by atoms with E-state index in [1.165, 1.54) is 0 Å². The molecule has 0 bridgehead atoms. The zero-order valence-corrected chi connectivity index (χ0v) is 15.1. The van der Waals surface area contributed by atoms with Crippen LogP contribution in [0.5, 0.6) is 5.75 Å². The highest BCUT2D eigenvalue weighted by atomic mass is 35.5. The molecule has 2 aliphatic rings. The van der Waals surface area contributed by atoms with E-state index in [2.05, 4.69) is 13.8 Å². The molecule has 1 aromatic rings. The summed E-state index contributed by atoms with van der Waals surface area (Å²) in [5, 5.41) is 9.34. The molecule has 3 N–H and O–H groups in total. The van der Waals surface area contributed by atoms with Crippen molar-refractivity contribution in [3.8, 4) is 5.75 Å². The maximum absolute atomic E-state index is 12.8. The van der Waals surface area contributed by atoms with Crippen molar-refractivity contribution in [2.24, 2.45) is 5.73 Å². The summed E-state index contributed by atoms with van der Waals surface area (Å²) in [7, 11) is 0. The number of phenols is 1. The number of halogens is 1. The third-order valence-electron chi connectivity index (χ3n) is 4.88. The molecule has 24 heavy (non-hydrogen) atoms. The molecule has 1 amide bonds. The highest BCUT2D eigenvalue weighted by Gasteiger charge is 2.46. The molecule has 1 aromatic carbocycles. The molecule has 6 heteroatoms. The molecule has 3 rings (SSSR count). The molecule has 5 nitrogen and oxygen atoms in total. The van der Waals surface area contributed by atoms with Crippen molar-refractivity contribution in [1.82, 2.24) is 4.90 Å². The van der Waals surface area contributed by atoms with Crippen LogP contribution in [0.15, 0.2) is 24.3 Å². The average molecular weight is 355 g/mol. The lowest BCUT2D eigenvalue weighted by Gasteiger charge is -2.37. The van der Waals surface area contributed by atoms with Gasteiger partial charge in [-0.05, 0) is 57.2 Å². The predicted molar refractivity (Wildman–Crippen MR) is 95.3 cm³/mol. The number of ether oxygens (including phenoxy) is 1. The van der Waals surface area contributed by atoms with Crippen LogP contribution in [0.4, 0.5) is 0 Å². The van der Waals surface area contributed by atoms with Gasteiger partial charge >= 0.3 is 0 Å². The molecule has 0 radical (unpaired) electrons. The van der Waals surface area contributed by atoms with Gasteiger partial charge in [-0.1, -0.05) is 12.1 Å². The quantitative estimate of drug-likeness (QED) is 0.872. The maximum Gasteiger partial charge on any atom is 0.240 e. The van der Waals surface area contributed by atoms with Gasteiger partial charge in [-0.3, -0.25) is 4.79 Å². The van der Waals surface area contributed by atoms with Crippen molar-refractivity contribution in [3.05, 3.63) is 29.8 Å². The summed E-state index contributed by atoms with van der Waals surface area (Å²) in [5.41, 5.74) is 6.97. The summed E-state index contributed by atoms with van der Waals surface area (Å²) >= 11 is 0. The van der Waals surface area contributed by atoms with Crippen LogP contribution in [-0.2, 0) is 16.0 Å². The second kappa shape index (κ2) is 7.30. The second-order valence-electron chi connectivity index (χ2n) is 7.34. The van der Waals surface area contributed by atoms with Crippen molar-refractivity contribution in [2.75, 3.05) is 6.54 Å². The van der Waals surface area contributed by atoms with Crippen molar-refractivity contribution in [2.45, 2.75) is 63.3 Å². The molecule has 2 aliphatic heterocycles. The van der Waals surface area contributed by atoms with Gasteiger partial charge in [-0.25, -0.2) is 0 Å². The first-order chi connectivity index (χ1) is 10.9. The van der Waals surface area contributed by atoms with Crippen LogP contribution in [0.2, 0.25) is 0 Å². The number of carbonyl (C=O) groups excluding carboxylic acids is 1. The van der Waals surface area contributed by atoms with Gasteiger partial charge < -0.3 is 20.5 Å². The first-order valence-corrected chi connectivity index (χ1v) is 8.37. The average Bonchev–Trinajstić information content (AvgIpc) is 2.82. The summed E-state index contributed by atoms with van der Waals surface area (Å²) in [4.78, 5) is 14.8. The van der Waals surface area contributed by atoms with Gasteiger partial charge in [0.25, 0.3) is 0 Å². The first kappa shape index (κ1) is 19.0. The highest BCUT2D eigenvalue weighted by Crippen LogP contribution is 2.38. The highest BCUT2D eigenvalue weighted by molar-refractivity contribution is 5.85. The zero-order valence-electron chi connectivity index (χ0n) is 14.3. The summed E-state index contributed by atoms with van der Waals surface area (Å²) < 4.78 is 6.08. The monoisotopic (exact) mass is 354 g/mol. The van der Waals surface area contributed by atoms with Crippen molar-refractivity contribution < 1.29 is 14.6 Å². The number of aromatic hydroxyl groups is 1. The Bertz CT molecular complexity index is 576. The summed E-state index contributed by atoms with van der Waals surface area (Å²) in [6.45, 7) is 4.94. The molecule has 134 valence electrons. The number of phenolic OH excluding ortho intramolecular Hbond substituents is 1. The number of likely N-dealkylation sites (tertiary alicyclic amines) is 1. The number of amides is 1. The van der Waals surface area contributed by atoms with E-state index in [-0.39, 0.29) is 41.8 Å². The van der Waals surface area contributed by atoms with Crippen LogP contribution in [0.25, 0.3) is 0 Å². The Morgan fingerprint density at radius 1 is 1.42 bits per heavy atom. The van der Waals surface area contributed by atoms with Crippen LogP contribution >= 0.6 is 12.4 Å². The minimum absolute atomic E-state index is 0. The summed E-state index contributed by atoms with van der Waals surface area (Å²) in [6.07, 6.45) is 3.48. The van der Waals surface area contributed by atoms with Gasteiger partial charge in [0.2, 0.25) is 5.91 Å². The Kier molecular flexibility index (Phi) is 5.78. The van der Waals surface area contributed by atoms with Crippen LogP contribution in [0, 0.1) is 0 Å². The Labute approximate surface area is 149 Å². The second-order valence-corrected chi connectivity index (χ2v) is 7.34. The molecule has 0 spiro atoms. The van der Waals surface area contributed by atoms with E-state index in [4.69, 9.17) is 10.5 Å². The van der Waals surface area contributed by atoms with Crippen LogP contribution in [0.1, 0.15) is 38.7 Å². The molecule has 2 saturated heterocycles. The van der Waals surface area contributed by atoms with E-state index >= 15 is 0 Å². The number of piperidine rings is 1. The van der Waals surface area contributed by atoms with Crippen LogP contribution in [0.3, 0.4) is 0 Å². The molecule has 0 unspecified atom stereocenters. The number of fused-ring (bicyclic) bond motifs is 1. The van der Waals surface area contributed by atoms with Gasteiger partial charge in [0.1, 0.15) is 5.75 Å². The largest absolute Gasteiger partial charge is 0.508 e. The molecule has 0 aromatic heterocycles. The molecular weight excluding hydrogens is 328 g/mol. The van der Waals surface area contributed by atoms with Crippen LogP contribution < -0.4 is 5.73 Å². The number of nitrogens with zero attached hydrogens (tertiary/aromatic N) is 1. The number of nitrogens with two attached hydrogens (primary N) is 1. The number of hydrogen-bond donors (Lipinski definition) is 2. The lowest BCUT2D eigenvalue weighted by molar-refractivity contribution is -0.138. The molecule has 2 fully saturated rings. The van der Waals surface area contributed by atoms with Gasteiger partial charge in [-0.15, -0.1) is 12.4 Å². The lowest BCUT2D eigenvalue weighted by Crippen LogP contribution is -2.54. The Hall–Kier alpha value is -1.30. The SMILES string of the molecule is CC1(C)C[C@H]2[C@H](CCCN2C(=O)[C@@H](N)Cc2ccc(O)cc2)O1.Cl. The van der Waals surface area contributed by atoms with E-state index in [0.717, 1.165) is 31.4 Å². The smallest absolute Gasteiger partial charge is 0.240 e. The van der Waals surface area contributed by atoms with E-state index in [1.54, 1.807) is 12.1 Å². The fourth-order valence-corrected chi connectivity index (χ4v) is 3.82. The summed E-state index contributed by atoms with van der Waals surface area (Å²) in [6, 6.07) is 6.46. The van der Waals surface area contributed by atoms with Crippen LogP contribution in [-0.4, -0.2) is 46.2 Å². The number of rotatable bonds is 3. The molecule has 2 heterocycles. The molecule has 0 saturated carbocycles. The molecule has 0 aliphatic carbocycles. The Morgan fingerprint density at radius 3 is 2.75 bits per heavy atom. The van der Waals surface area contributed by atoms with E-state index in [0.29, 0.717) is 6.42 Å². The minimum Gasteiger partial charge on any atom is -0.508 e. The van der Waals surface area contributed by atoms with Gasteiger partial charge in [0.05, 0.1) is 23.8 Å². The van der Waals surface area contributed by atoms with Gasteiger partial charge in [0.15, 0.2) is 0 Å². The molecule has 3 atom stereocenters. The maximum atomic E-state index is 12.8. The third kappa shape index (κ3) is 4.02. The minimum atomic E-state index is -0.554. The zero-order chi connectivity index (χ0) is 16.6. The van der Waals surface area contributed by atoms with Gasteiger partial charge in [0, 0.05) is 6.54 Å². The fourth-order valence-electron chi connectivity index (χ4n) is 3.82. The van der Waals surface area contributed by atoms with E-state index in [9.17, 15) is 9.90 Å². The number of benzene rings is 1. The Balaban J connectivity index is 0.00000208. The topological polar surface area (TPSA) is 75.8 Å².